The first-order valence-electron chi connectivity index (χ1n) is 5.32. The van der Waals surface area contributed by atoms with Crippen LogP contribution in [-0.2, 0) is 0 Å². The standard InChI is InChI=1S/C11H17ClN3/c1-14(2)15(7-3-4-8-15)10-5-6-11(12)13-9-10/h5-6,9H,3-4,7-8H2,1-2H3/q+1. The minimum Gasteiger partial charge on any atom is -0.238 e. The maximum Gasteiger partial charge on any atom is 0.170 e. The largest absolute Gasteiger partial charge is 0.238 e. The first-order chi connectivity index (χ1) is 7.15. The lowest BCUT2D eigenvalue weighted by Gasteiger charge is -2.38. The second-order valence-electron chi connectivity index (χ2n) is 4.26. The third-order valence-electron chi connectivity index (χ3n) is 3.26. The summed E-state index contributed by atoms with van der Waals surface area (Å²) in [7, 11) is 4.25. The van der Waals surface area contributed by atoms with Crippen molar-refractivity contribution in [3.63, 3.8) is 0 Å². The Morgan fingerprint density at radius 3 is 2.40 bits per heavy atom. The lowest BCUT2D eigenvalue weighted by atomic mass is 10.3. The van der Waals surface area contributed by atoms with Gasteiger partial charge in [-0.3, -0.25) is 0 Å². The van der Waals surface area contributed by atoms with E-state index in [1.165, 1.54) is 18.5 Å². The Bertz CT molecular complexity index is 328. The molecular weight excluding hydrogens is 210 g/mol. The summed E-state index contributed by atoms with van der Waals surface area (Å²) >= 11 is 5.81. The summed E-state index contributed by atoms with van der Waals surface area (Å²) in [4.78, 5) is 4.17. The highest BCUT2D eigenvalue weighted by Gasteiger charge is 2.37. The molecule has 1 aromatic heterocycles. The quantitative estimate of drug-likeness (QED) is 0.569. The van der Waals surface area contributed by atoms with Crippen LogP contribution in [0.2, 0.25) is 5.15 Å². The summed E-state index contributed by atoms with van der Waals surface area (Å²) in [6, 6.07) is 3.96. The fraction of sp³-hybridized carbons (Fsp3) is 0.545. The minimum absolute atomic E-state index is 0.565. The Hall–Kier alpha value is -0.640. The fourth-order valence-electron chi connectivity index (χ4n) is 2.36. The van der Waals surface area contributed by atoms with Gasteiger partial charge in [0.2, 0.25) is 0 Å². The van der Waals surface area contributed by atoms with Crippen LogP contribution in [0.4, 0.5) is 5.69 Å². The van der Waals surface area contributed by atoms with Gasteiger partial charge in [-0.2, -0.15) is 5.01 Å². The molecule has 15 heavy (non-hydrogen) atoms. The first kappa shape index (κ1) is 10.9. The number of nitrogens with zero attached hydrogens (tertiary/aromatic N) is 3. The molecule has 0 aliphatic carbocycles. The molecule has 0 bridgehead atoms. The number of pyridine rings is 1. The molecule has 4 heteroatoms. The summed E-state index contributed by atoms with van der Waals surface area (Å²) in [5.41, 5.74) is 1.24. The zero-order valence-electron chi connectivity index (χ0n) is 9.28. The van der Waals surface area contributed by atoms with Gasteiger partial charge in [-0.25, -0.2) is 9.58 Å². The Morgan fingerprint density at radius 2 is 1.93 bits per heavy atom. The van der Waals surface area contributed by atoms with Gasteiger partial charge in [0.1, 0.15) is 18.2 Å². The van der Waals surface area contributed by atoms with Gasteiger partial charge in [0.05, 0.1) is 6.20 Å². The molecule has 0 unspecified atom stereocenters. The van der Waals surface area contributed by atoms with Crippen molar-refractivity contribution < 1.29 is 0 Å². The van der Waals surface area contributed by atoms with E-state index in [4.69, 9.17) is 11.6 Å². The molecule has 2 rings (SSSR count). The van der Waals surface area contributed by atoms with Crippen molar-refractivity contribution in [2.75, 3.05) is 27.2 Å². The van der Waals surface area contributed by atoms with E-state index in [1.807, 2.05) is 12.3 Å². The first-order valence-corrected chi connectivity index (χ1v) is 5.70. The van der Waals surface area contributed by atoms with E-state index in [0.29, 0.717) is 5.15 Å². The zero-order valence-corrected chi connectivity index (χ0v) is 10.0. The van der Waals surface area contributed by atoms with E-state index in [0.717, 1.165) is 17.7 Å². The molecule has 0 aromatic carbocycles. The van der Waals surface area contributed by atoms with Gasteiger partial charge >= 0.3 is 0 Å². The maximum atomic E-state index is 5.81. The smallest absolute Gasteiger partial charge is 0.170 e. The van der Waals surface area contributed by atoms with Gasteiger partial charge in [0, 0.05) is 33.0 Å². The molecule has 1 aromatic rings. The van der Waals surface area contributed by atoms with Crippen LogP contribution < -0.4 is 4.59 Å². The minimum atomic E-state index is 0.565. The predicted molar refractivity (Wildman–Crippen MR) is 63.7 cm³/mol. The van der Waals surface area contributed by atoms with Crippen LogP contribution in [0.25, 0.3) is 0 Å². The molecule has 1 aliphatic rings. The molecule has 0 radical (unpaired) electrons. The molecule has 0 spiro atoms. The second-order valence-corrected chi connectivity index (χ2v) is 4.65. The topological polar surface area (TPSA) is 16.1 Å². The van der Waals surface area contributed by atoms with Crippen molar-refractivity contribution in [2.45, 2.75) is 12.8 Å². The van der Waals surface area contributed by atoms with Crippen LogP contribution in [-0.4, -0.2) is 37.2 Å². The second kappa shape index (κ2) is 4.08. The molecule has 82 valence electrons. The molecule has 2 heterocycles. The number of rotatable bonds is 2. The maximum absolute atomic E-state index is 5.81. The summed E-state index contributed by atoms with van der Waals surface area (Å²) in [5.74, 6) is 0. The van der Waals surface area contributed by atoms with Crippen LogP contribution in [0.5, 0.6) is 0 Å². The predicted octanol–water partition coefficient (Wildman–Crippen LogP) is 2.31. The number of halogens is 1. The molecule has 3 nitrogen and oxygen atoms in total. The van der Waals surface area contributed by atoms with E-state index in [2.05, 4.69) is 30.2 Å². The Kier molecular flexibility index (Phi) is 2.96. The van der Waals surface area contributed by atoms with Crippen molar-refractivity contribution in [2.24, 2.45) is 0 Å². The monoisotopic (exact) mass is 226 g/mol. The summed E-state index contributed by atoms with van der Waals surface area (Å²) in [5, 5.41) is 2.83. The number of quaternary nitrogens is 1. The molecule has 1 saturated heterocycles. The summed E-state index contributed by atoms with van der Waals surface area (Å²) < 4.78 is 0.907. The van der Waals surface area contributed by atoms with Crippen molar-refractivity contribution in [1.29, 1.82) is 0 Å². The van der Waals surface area contributed by atoms with Gasteiger partial charge in [-0.1, -0.05) is 11.6 Å². The van der Waals surface area contributed by atoms with Gasteiger partial charge in [-0.05, 0) is 6.07 Å². The molecule has 0 atom stereocenters. The van der Waals surface area contributed by atoms with E-state index in [9.17, 15) is 0 Å². The fourth-order valence-corrected chi connectivity index (χ4v) is 2.47. The number of hydrogen-bond acceptors (Lipinski definition) is 2. The van der Waals surface area contributed by atoms with Gasteiger partial charge in [-0.15, -0.1) is 0 Å². The normalized spacial score (nSPS) is 19.7. The highest BCUT2D eigenvalue weighted by Crippen LogP contribution is 2.30. The lowest BCUT2D eigenvalue weighted by Crippen LogP contribution is -2.56. The zero-order chi connectivity index (χ0) is 10.9. The average molecular weight is 227 g/mol. The van der Waals surface area contributed by atoms with Crippen LogP contribution in [0.15, 0.2) is 18.3 Å². The molecule has 0 saturated carbocycles. The molecular formula is C11H17ClN3+. The summed E-state index contributed by atoms with van der Waals surface area (Å²) in [6.45, 7) is 2.33. The molecule has 1 fully saturated rings. The van der Waals surface area contributed by atoms with Crippen molar-refractivity contribution in [3.05, 3.63) is 23.5 Å². The third kappa shape index (κ3) is 1.87. The van der Waals surface area contributed by atoms with E-state index in [1.54, 1.807) is 0 Å². The number of aromatic nitrogens is 1. The van der Waals surface area contributed by atoms with E-state index < -0.39 is 0 Å². The highest BCUT2D eigenvalue weighted by atomic mass is 35.5. The van der Waals surface area contributed by atoms with Gasteiger partial charge < -0.3 is 0 Å². The average Bonchev–Trinajstić information content (AvgIpc) is 2.69. The lowest BCUT2D eigenvalue weighted by molar-refractivity contribution is 0.0596. The number of hydrogen-bond donors (Lipinski definition) is 0. The Labute approximate surface area is 95.8 Å². The Morgan fingerprint density at radius 1 is 1.27 bits per heavy atom. The third-order valence-corrected chi connectivity index (χ3v) is 3.49. The molecule has 0 amide bonds. The van der Waals surface area contributed by atoms with E-state index in [-0.39, 0.29) is 0 Å². The van der Waals surface area contributed by atoms with Crippen LogP contribution in [0.3, 0.4) is 0 Å². The Balaban J connectivity index is 2.36. The summed E-state index contributed by atoms with van der Waals surface area (Å²) in [6.07, 6.45) is 4.45. The molecule has 1 aliphatic heterocycles. The highest BCUT2D eigenvalue weighted by molar-refractivity contribution is 6.29. The van der Waals surface area contributed by atoms with Gasteiger partial charge in [0.15, 0.2) is 5.69 Å². The molecule has 0 N–H and O–H groups in total. The van der Waals surface area contributed by atoms with Gasteiger partial charge in [0.25, 0.3) is 0 Å². The van der Waals surface area contributed by atoms with Crippen molar-refractivity contribution in [1.82, 2.24) is 14.6 Å². The van der Waals surface area contributed by atoms with Crippen LogP contribution >= 0.6 is 11.6 Å². The van der Waals surface area contributed by atoms with Crippen LogP contribution in [0.1, 0.15) is 12.8 Å². The van der Waals surface area contributed by atoms with Crippen LogP contribution in [0, 0.1) is 0 Å². The van der Waals surface area contributed by atoms with Crippen molar-refractivity contribution >= 4 is 17.3 Å². The van der Waals surface area contributed by atoms with Crippen molar-refractivity contribution in [3.8, 4) is 0 Å². The van der Waals surface area contributed by atoms with E-state index >= 15 is 0 Å². The SMILES string of the molecule is CN(C)[N+]1(c2ccc(Cl)nc2)CCCC1.